The van der Waals surface area contributed by atoms with Gasteiger partial charge in [-0.1, -0.05) is 0 Å². The van der Waals surface area contributed by atoms with E-state index in [-0.39, 0.29) is 0 Å². The number of nitrogen functional groups attached to an aromatic ring is 1. The van der Waals surface area contributed by atoms with Crippen LogP contribution in [0.4, 0.5) is 10.2 Å². The summed E-state index contributed by atoms with van der Waals surface area (Å²) in [5.74, 6) is 0.467. The van der Waals surface area contributed by atoms with Crippen molar-refractivity contribution in [3.05, 3.63) is 11.3 Å². The van der Waals surface area contributed by atoms with Crippen LogP contribution in [0.1, 0.15) is 30.3 Å². The first-order chi connectivity index (χ1) is 5.70. The van der Waals surface area contributed by atoms with Crippen LogP contribution < -0.4 is 5.73 Å². The van der Waals surface area contributed by atoms with Crippen LogP contribution in [-0.2, 0) is 6.54 Å². The predicted molar refractivity (Wildman–Crippen MR) is 44.5 cm³/mol. The first-order valence-corrected chi connectivity index (χ1v) is 4.17. The van der Waals surface area contributed by atoms with Crippen molar-refractivity contribution in [2.24, 2.45) is 0 Å². The number of aromatic nitrogens is 2. The van der Waals surface area contributed by atoms with Gasteiger partial charge in [0, 0.05) is 12.1 Å². The summed E-state index contributed by atoms with van der Waals surface area (Å²) in [5.41, 5.74) is 7.07. The second-order valence-corrected chi connectivity index (χ2v) is 3.23. The lowest BCUT2D eigenvalue weighted by atomic mass is 10.1. The van der Waals surface area contributed by atoms with Gasteiger partial charge in [-0.3, -0.25) is 4.68 Å². The highest BCUT2D eigenvalue weighted by atomic mass is 19.1. The number of nitrogens with zero attached hydrogens (tertiary/aromatic N) is 2. The van der Waals surface area contributed by atoms with Gasteiger partial charge in [0.1, 0.15) is 12.0 Å². The molecular weight excluding hydrogens is 157 g/mol. The second kappa shape index (κ2) is 2.47. The highest BCUT2D eigenvalue weighted by Crippen LogP contribution is 2.32. The lowest BCUT2D eigenvalue weighted by Gasteiger charge is -2.17. The molecule has 0 amide bonds. The molecule has 66 valence electrons. The number of nitrogens with two attached hydrogens (primary N) is 1. The first kappa shape index (κ1) is 7.58. The lowest BCUT2D eigenvalue weighted by molar-refractivity contribution is 0.258. The van der Waals surface area contributed by atoms with Gasteiger partial charge in [0.15, 0.2) is 0 Å². The summed E-state index contributed by atoms with van der Waals surface area (Å²) < 4.78 is 15.0. The zero-order chi connectivity index (χ0) is 8.72. The van der Waals surface area contributed by atoms with Gasteiger partial charge >= 0.3 is 0 Å². The first-order valence-electron chi connectivity index (χ1n) is 4.17. The molecule has 1 atom stereocenters. The van der Waals surface area contributed by atoms with Gasteiger partial charge in [-0.2, -0.15) is 5.10 Å². The Morgan fingerprint density at radius 1 is 1.67 bits per heavy atom. The number of anilines is 1. The molecule has 2 N–H and O–H groups in total. The van der Waals surface area contributed by atoms with E-state index in [1.54, 1.807) is 4.68 Å². The fraction of sp³-hybridized carbons (Fsp3) is 0.625. The van der Waals surface area contributed by atoms with Gasteiger partial charge in [0.2, 0.25) is 0 Å². The van der Waals surface area contributed by atoms with E-state index < -0.39 is 6.17 Å². The topological polar surface area (TPSA) is 43.8 Å². The van der Waals surface area contributed by atoms with E-state index in [1.807, 2.05) is 6.92 Å². The molecule has 0 aliphatic carbocycles. The molecule has 1 aliphatic rings. The zero-order valence-electron chi connectivity index (χ0n) is 7.05. The quantitative estimate of drug-likeness (QED) is 0.640. The number of hydrogen-bond donors (Lipinski definition) is 1. The normalized spacial score (nSPS) is 22.3. The molecule has 0 saturated carbocycles. The maximum absolute atomic E-state index is 13.3. The minimum Gasteiger partial charge on any atom is -0.382 e. The molecule has 1 unspecified atom stereocenters. The van der Waals surface area contributed by atoms with Crippen LogP contribution in [-0.4, -0.2) is 9.78 Å². The molecule has 0 spiro atoms. The molecule has 0 saturated heterocycles. The Hall–Kier alpha value is -1.06. The molecule has 4 heteroatoms. The van der Waals surface area contributed by atoms with E-state index in [0.717, 1.165) is 18.5 Å². The molecule has 0 aromatic carbocycles. The Kier molecular flexibility index (Phi) is 1.56. The summed E-state index contributed by atoms with van der Waals surface area (Å²) in [5, 5.41) is 4.06. The highest BCUT2D eigenvalue weighted by Gasteiger charge is 2.24. The molecule has 1 aromatic rings. The largest absolute Gasteiger partial charge is 0.382 e. The molecule has 12 heavy (non-hydrogen) atoms. The minimum atomic E-state index is -0.872. The summed E-state index contributed by atoms with van der Waals surface area (Å²) in [4.78, 5) is 0. The van der Waals surface area contributed by atoms with Crippen LogP contribution in [0.15, 0.2) is 0 Å². The van der Waals surface area contributed by atoms with Gasteiger partial charge in [0.25, 0.3) is 0 Å². The Balaban J connectivity index is 2.54. The number of alkyl halides is 1. The van der Waals surface area contributed by atoms with Crippen molar-refractivity contribution in [1.29, 1.82) is 0 Å². The second-order valence-electron chi connectivity index (χ2n) is 3.23. The van der Waals surface area contributed by atoms with Crippen molar-refractivity contribution in [2.75, 3.05) is 5.73 Å². The van der Waals surface area contributed by atoms with Crippen molar-refractivity contribution in [3.63, 3.8) is 0 Å². The monoisotopic (exact) mass is 169 g/mol. The molecule has 3 nitrogen and oxygen atoms in total. The average molecular weight is 169 g/mol. The molecule has 0 radical (unpaired) electrons. The van der Waals surface area contributed by atoms with E-state index >= 15 is 0 Å². The van der Waals surface area contributed by atoms with Crippen LogP contribution in [0.25, 0.3) is 0 Å². The van der Waals surface area contributed by atoms with Crippen LogP contribution in [0.3, 0.4) is 0 Å². The average Bonchev–Trinajstić information content (AvgIpc) is 2.29. The SMILES string of the molecule is Cc1c(N)nn2c1C(F)CCC2. The fourth-order valence-electron chi connectivity index (χ4n) is 1.71. The van der Waals surface area contributed by atoms with E-state index in [9.17, 15) is 4.39 Å². The number of fused-ring (bicyclic) bond motifs is 1. The van der Waals surface area contributed by atoms with Gasteiger partial charge in [-0.25, -0.2) is 4.39 Å². The third kappa shape index (κ3) is 0.906. The summed E-state index contributed by atoms with van der Waals surface area (Å²) in [7, 11) is 0. The van der Waals surface area contributed by atoms with E-state index in [0.29, 0.717) is 17.9 Å². The standard InChI is InChI=1S/C8H12FN3/c1-5-7-6(9)3-2-4-12(7)11-8(5)10/h6H,2-4H2,1H3,(H2,10,11). The molecule has 2 heterocycles. The van der Waals surface area contributed by atoms with Crippen LogP contribution in [0.2, 0.25) is 0 Å². The molecule has 0 bridgehead atoms. The number of rotatable bonds is 0. The molecule has 0 fully saturated rings. The van der Waals surface area contributed by atoms with E-state index in [2.05, 4.69) is 5.10 Å². The predicted octanol–water partition coefficient (Wildman–Crippen LogP) is 1.58. The maximum Gasteiger partial charge on any atom is 0.148 e. The van der Waals surface area contributed by atoms with Gasteiger partial charge in [0.05, 0.1) is 5.69 Å². The summed E-state index contributed by atoms with van der Waals surface area (Å²) in [6.45, 7) is 2.62. The Morgan fingerprint density at radius 3 is 3.08 bits per heavy atom. The molecule has 2 rings (SSSR count). The third-order valence-corrected chi connectivity index (χ3v) is 2.40. The summed E-state index contributed by atoms with van der Waals surface area (Å²) >= 11 is 0. The Morgan fingerprint density at radius 2 is 2.42 bits per heavy atom. The van der Waals surface area contributed by atoms with Crippen LogP contribution >= 0.6 is 0 Å². The maximum atomic E-state index is 13.3. The summed E-state index contributed by atoms with van der Waals surface area (Å²) in [6.07, 6.45) is 0.587. The Labute approximate surface area is 70.4 Å². The molecule has 1 aliphatic heterocycles. The number of halogens is 1. The van der Waals surface area contributed by atoms with Crippen molar-refractivity contribution in [3.8, 4) is 0 Å². The summed E-state index contributed by atoms with van der Waals surface area (Å²) in [6, 6.07) is 0. The van der Waals surface area contributed by atoms with E-state index in [1.165, 1.54) is 0 Å². The van der Waals surface area contributed by atoms with Crippen molar-refractivity contribution >= 4 is 5.82 Å². The highest BCUT2D eigenvalue weighted by molar-refractivity contribution is 5.42. The third-order valence-electron chi connectivity index (χ3n) is 2.40. The molecule has 1 aromatic heterocycles. The van der Waals surface area contributed by atoms with Crippen LogP contribution in [0, 0.1) is 6.92 Å². The lowest BCUT2D eigenvalue weighted by Crippen LogP contribution is -2.14. The number of aryl methyl sites for hydroxylation is 1. The van der Waals surface area contributed by atoms with Gasteiger partial charge in [-0.15, -0.1) is 0 Å². The van der Waals surface area contributed by atoms with Gasteiger partial charge in [-0.05, 0) is 19.8 Å². The number of hydrogen-bond acceptors (Lipinski definition) is 2. The minimum absolute atomic E-state index is 0.467. The van der Waals surface area contributed by atoms with Crippen LogP contribution in [0.5, 0.6) is 0 Å². The smallest absolute Gasteiger partial charge is 0.148 e. The fourth-order valence-corrected chi connectivity index (χ4v) is 1.71. The van der Waals surface area contributed by atoms with Gasteiger partial charge < -0.3 is 5.73 Å². The molecular formula is C8H12FN3. The van der Waals surface area contributed by atoms with Crippen molar-refractivity contribution in [2.45, 2.75) is 32.5 Å². The Bertz CT molecular complexity index is 305. The van der Waals surface area contributed by atoms with E-state index in [4.69, 9.17) is 5.73 Å². The zero-order valence-corrected chi connectivity index (χ0v) is 7.05. The van der Waals surface area contributed by atoms with Crippen molar-refractivity contribution < 1.29 is 4.39 Å². The van der Waals surface area contributed by atoms with Crippen molar-refractivity contribution in [1.82, 2.24) is 9.78 Å².